The Morgan fingerprint density at radius 1 is 1.09 bits per heavy atom. The molecule has 1 heterocycles. The molecule has 2 amide bonds. The summed E-state index contributed by atoms with van der Waals surface area (Å²) in [6, 6.07) is 1.88. The van der Waals surface area contributed by atoms with E-state index < -0.39 is 0 Å². The van der Waals surface area contributed by atoms with Gasteiger partial charge in [0, 0.05) is 47.2 Å². The van der Waals surface area contributed by atoms with Crippen LogP contribution in [0.5, 0.6) is 0 Å². The zero-order chi connectivity index (χ0) is 16.7. The van der Waals surface area contributed by atoms with Crippen LogP contribution in [0.1, 0.15) is 46.8 Å². The van der Waals surface area contributed by atoms with Gasteiger partial charge in [-0.1, -0.05) is 13.8 Å². The van der Waals surface area contributed by atoms with Gasteiger partial charge in [0.05, 0.1) is 0 Å². The minimum Gasteiger partial charge on any atom is -0.354 e. The molecule has 1 aromatic rings. The van der Waals surface area contributed by atoms with Gasteiger partial charge >= 0.3 is 0 Å². The molecule has 0 spiro atoms. The summed E-state index contributed by atoms with van der Waals surface area (Å²) in [5.74, 6) is -0.264. The fraction of sp³-hybridized carbons (Fsp3) is 0.562. The largest absolute Gasteiger partial charge is 0.354 e. The third-order valence-corrected chi connectivity index (χ3v) is 4.16. The molecule has 0 aliphatic carbocycles. The van der Waals surface area contributed by atoms with Crippen molar-refractivity contribution in [2.24, 2.45) is 5.92 Å². The number of hydrogen-bond donors (Lipinski definition) is 2. The fourth-order valence-corrected chi connectivity index (χ4v) is 2.89. The van der Waals surface area contributed by atoms with E-state index in [1.54, 1.807) is 11.3 Å². The van der Waals surface area contributed by atoms with Gasteiger partial charge in [-0.3, -0.25) is 14.4 Å². The molecule has 5 nitrogen and oxygen atoms in total. The first kappa shape index (κ1) is 18.4. The molecule has 0 saturated carbocycles. The van der Waals surface area contributed by atoms with Crippen molar-refractivity contribution in [2.45, 2.75) is 40.5 Å². The summed E-state index contributed by atoms with van der Waals surface area (Å²) < 4.78 is 0. The molecule has 0 aliphatic heterocycles. The number of amides is 2. The molecule has 0 aliphatic rings. The fourth-order valence-electron chi connectivity index (χ4n) is 1.95. The molecule has 1 aromatic heterocycles. The maximum absolute atomic E-state index is 12.0. The summed E-state index contributed by atoms with van der Waals surface area (Å²) in [5, 5.41) is 5.42. The molecule has 0 fully saturated rings. The van der Waals surface area contributed by atoms with Crippen LogP contribution in [0, 0.1) is 19.8 Å². The molecule has 22 heavy (non-hydrogen) atoms. The lowest BCUT2D eigenvalue weighted by Gasteiger charge is -2.08. The summed E-state index contributed by atoms with van der Waals surface area (Å²) in [5.41, 5.74) is 0.722. The molecule has 6 heteroatoms. The first-order valence-electron chi connectivity index (χ1n) is 7.46. The lowest BCUT2D eigenvalue weighted by Crippen LogP contribution is -2.36. The predicted molar refractivity (Wildman–Crippen MR) is 88.2 cm³/mol. The van der Waals surface area contributed by atoms with Crippen LogP contribution in [-0.2, 0) is 9.59 Å². The van der Waals surface area contributed by atoms with Gasteiger partial charge in [0.1, 0.15) is 0 Å². The Bertz CT molecular complexity index is 550. The third-order valence-electron chi connectivity index (χ3n) is 3.19. The van der Waals surface area contributed by atoms with Gasteiger partial charge < -0.3 is 10.6 Å². The Morgan fingerprint density at radius 2 is 1.73 bits per heavy atom. The Hall–Kier alpha value is -1.69. The zero-order valence-corrected chi connectivity index (χ0v) is 14.4. The quantitative estimate of drug-likeness (QED) is 0.569. The topological polar surface area (TPSA) is 75.3 Å². The number of Topliss-reactive ketones (excluding diaryl/α,β-unsaturated/α-hetero) is 1. The summed E-state index contributed by atoms with van der Waals surface area (Å²) in [6.07, 6.45) is 0.381. The number of nitrogens with one attached hydrogen (secondary N) is 2. The highest BCUT2D eigenvalue weighted by Crippen LogP contribution is 2.22. The average molecular weight is 324 g/mol. The number of rotatable bonds is 8. The molecule has 1 rings (SSSR count). The number of thiophene rings is 1. The van der Waals surface area contributed by atoms with Crippen LogP contribution >= 0.6 is 11.3 Å². The maximum atomic E-state index is 12.0. The van der Waals surface area contributed by atoms with E-state index in [4.69, 9.17) is 0 Å². The summed E-state index contributed by atoms with van der Waals surface area (Å²) in [7, 11) is 0. The van der Waals surface area contributed by atoms with E-state index in [0.29, 0.717) is 13.1 Å². The molecule has 122 valence electrons. The normalized spacial score (nSPS) is 10.6. The summed E-state index contributed by atoms with van der Waals surface area (Å²) in [4.78, 5) is 37.1. The van der Waals surface area contributed by atoms with E-state index in [9.17, 15) is 14.4 Å². The molecular formula is C16H24N2O3S. The number of ketones is 1. The van der Waals surface area contributed by atoms with Crippen molar-refractivity contribution in [1.82, 2.24) is 10.6 Å². The highest BCUT2D eigenvalue weighted by atomic mass is 32.1. The van der Waals surface area contributed by atoms with Crippen LogP contribution in [0.3, 0.4) is 0 Å². The first-order chi connectivity index (χ1) is 10.3. The molecule has 2 N–H and O–H groups in total. The standard InChI is InChI=1S/C16H24N2O3S/c1-10(2)16(21)18-8-7-17-15(20)6-5-14(19)13-9-11(3)22-12(13)4/h9-10H,5-8H2,1-4H3,(H,17,20)(H,18,21). The van der Waals surface area contributed by atoms with Crippen LogP contribution in [0.15, 0.2) is 6.07 Å². The van der Waals surface area contributed by atoms with E-state index in [1.807, 2.05) is 33.8 Å². The monoisotopic (exact) mass is 324 g/mol. The van der Waals surface area contributed by atoms with E-state index in [2.05, 4.69) is 10.6 Å². The molecule has 0 saturated heterocycles. The van der Waals surface area contributed by atoms with Crippen molar-refractivity contribution >= 4 is 28.9 Å². The van der Waals surface area contributed by atoms with E-state index >= 15 is 0 Å². The molecule has 0 aromatic carbocycles. The molecule has 0 radical (unpaired) electrons. The molecule has 0 bridgehead atoms. The van der Waals surface area contributed by atoms with Crippen molar-refractivity contribution < 1.29 is 14.4 Å². The third kappa shape index (κ3) is 5.97. The van der Waals surface area contributed by atoms with Crippen LogP contribution in [-0.4, -0.2) is 30.7 Å². The van der Waals surface area contributed by atoms with Gasteiger partial charge in [0.25, 0.3) is 0 Å². The van der Waals surface area contributed by atoms with E-state index in [0.717, 1.165) is 15.3 Å². The smallest absolute Gasteiger partial charge is 0.222 e. The van der Waals surface area contributed by atoms with Crippen molar-refractivity contribution in [3.05, 3.63) is 21.4 Å². The van der Waals surface area contributed by atoms with Crippen LogP contribution < -0.4 is 10.6 Å². The maximum Gasteiger partial charge on any atom is 0.222 e. The van der Waals surface area contributed by atoms with Crippen molar-refractivity contribution in [1.29, 1.82) is 0 Å². The Kier molecular flexibility index (Phi) is 7.24. The van der Waals surface area contributed by atoms with E-state index in [1.165, 1.54) is 0 Å². The number of carbonyl (C=O) groups excluding carboxylic acids is 3. The number of hydrogen-bond acceptors (Lipinski definition) is 4. The minimum atomic E-state index is -0.170. The molecule has 0 atom stereocenters. The Labute approximate surface area is 135 Å². The van der Waals surface area contributed by atoms with Crippen LogP contribution in [0.2, 0.25) is 0 Å². The van der Waals surface area contributed by atoms with Gasteiger partial charge in [0.15, 0.2) is 5.78 Å². The lowest BCUT2D eigenvalue weighted by molar-refractivity contribution is -0.124. The van der Waals surface area contributed by atoms with Crippen LogP contribution in [0.25, 0.3) is 0 Å². The molecule has 0 unspecified atom stereocenters. The zero-order valence-electron chi connectivity index (χ0n) is 13.6. The van der Waals surface area contributed by atoms with Crippen molar-refractivity contribution in [3.8, 4) is 0 Å². The first-order valence-corrected chi connectivity index (χ1v) is 8.27. The van der Waals surface area contributed by atoms with Gasteiger partial charge in [-0.25, -0.2) is 0 Å². The van der Waals surface area contributed by atoms with Gasteiger partial charge in [-0.15, -0.1) is 11.3 Å². The highest BCUT2D eigenvalue weighted by Gasteiger charge is 2.13. The average Bonchev–Trinajstić information content (AvgIpc) is 2.79. The second-order valence-corrected chi connectivity index (χ2v) is 7.01. The van der Waals surface area contributed by atoms with Gasteiger partial charge in [0.2, 0.25) is 11.8 Å². The van der Waals surface area contributed by atoms with Crippen molar-refractivity contribution in [2.75, 3.05) is 13.1 Å². The second kappa shape index (κ2) is 8.68. The summed E-state index contributed by atoms with van der Waals surface area (Å²) >= 11 is 1.59. The van der Waals surface area contributed by atoms with E-state index in [-0.39, 0.29) is 36.4 Å². The summed E-state index contributed by atoms with van der Waals surface area (Å²) in [6.45, 7) is 8.29. The Morgan fingerprint density at radius 3 is 2.27 bits per heavy atom. The van der Waals surface area contributed by atoms with Crippen molar-refractivity contribution in [3.63, 3.8) is 0 Å². The van der Waals surface area contributed by atoms with Gasteiger partial charge in [-0.05, 0) is 19.9 Å². The minimum absolute atomic E-state index is 0.00473. The predicted octanol–water partition coefficient (Wildman–Crippen LogP) is 2.22. The lowest BCUT2D eigenvalue weighted by atomic mass is 10.1. The highest BCUT2D eigenvalue weighted by molar-refractivity contribution is 7.12. The van der Waals surface area contributed by atoms with Gasteiger partial charge in [-0.2, -0.15) is 0 Å². The number of carbonyl (C=O) groups is 3. The number of aryl methyl sites for hydroxylation is 2. The molecular weight excluding hydrogens is 300 g/mol. The van der Waals surface area contributed by atoms with Crippen LogP contribution in [0.4, 0.5) is 0 Å². The SMILES string of the molecule is Cc1cc(C(=O)CCC(=O)NCCNC(=O)C(C)C)c(C)s1. The Balaban J connectivity index is 2.25. The second-order valence-electron chi connectivity index (χ2n) is 5.55.